The van der Waals surface area contributed by atoms with Crippen molar-refractivity contribution in [3.05, 3.63) is 74.4 Å². The van der Waals surface area contributed by atoms with E-state index in [1.165, 1.54) is 4.57 Å². The minimum atomic E-state index is -0.510. The van der Waals surface area contributed by atoms with Gasteiger partial charge in [0.1, 0.15) is 11.6 Å². The number of hydrogen-bond donors (Lipinski definition) is 2. The maximum atomic E-state index is 12.7. The third kappa shape index (κ3) is 4.06. The minimum Gasteiger partial charge on any atom is -0.495 e. The maximum absolute atomic E-state index is 12.7. The van der Waals surface area contributed by atoms with Crippen LogP contribution in [0.15, 0.2) is 52.1 Å². The van der Waals surface area contributed by atoms with Gasteiger partial charge >= 0.3 is 5.69 Å². The van der Waals surface area contributed by atoms with Gasteiger partial charge in [-0.3, -0.25) is 14.7 Å². The number of para-hydroxylation sites is 2. The lowest BCUT2D eigenvalue weighted by molar-refractivity contribution is 0.275. The molecule has 0 spiro atoms. The number of ether oxygens (including phenoxy) is 3. The second-order valence-electron chi connectivity index (χ2n) is 7.42. The highest BCUT2D eigenvalue weighted by Crippen LogP contribution is 2.29. The normalized spacial score (nSPS) is 13.2. The lowest BCUT2D eigenvalue weighted by atomic mass is 10.1. The van der Waals surface area contributed by atoms with Gasteiger partial charge < -0.3 is 19.5 Å². The topological polar surface area (TPSA) is 97.8 Å². The van der Waals surface area contributed by atoms with Crippen molar-refractivity contribution in [3.8, 4) is 22.9 Å². The van der Waals surface area contributed by atoms with Crippen molar-refractivity contribution in [1.82, 2.24) is 14.5 Å². The molecule has 9 nitrogen and oxygen atoms in total. The molecule has 0 unspecified atom stereocenters. The summed E-state index contributed by atoms with van der Waals surface area (Å²) in [4.78, 5) is 29.8. The van der Waals surface area contributed by atoms with E-state index in [4.69, 9.17) is 14.2 Å². The minimum absolute atomic E-state index is 0.389. The number of H-pyrrole nitrogens is 1. The first-order valence-corrected chi connectivity index (χ1v) is 10.2. The van der Waals surface area contributed by atoms with Crippen molar-refractivity contribution in [2.75, 3.05) is 39.9 Å². The molecule has 2 N–H and O–H groups in total. The van der Waals surface area contributed by atoms with E-state index < -0.39 is 5.69 Å². The van der Waals surface area contributed by atoms with Gasteiger partial charge in [0, 0.05) is 13.1 Å². The fourth-order valence-electron chi connectivity index (χ4n) is 3.90. The number of hydrogen-bond acceptors (Lipinski definition) is 7. The average molecular weight is 438 g/mol. The molecule has 0 atom stereocenters. The average Bonchev–Trinajstić information content (AvgIpc) is 2.83. The van der Waals surface area contributed by atoms with Gasteiger partial charge in [0.05, 0.1) is 39.2 Å². The number of rotatable bonds is 7. The number of nitrogens with one attached hydrogen (secondary N) is 2. The van der Waals surface area contributed by atoms with Crippen LogP contribution in [-0.4, -0.2) is 49.0 Å². The van der Waals surface area contributed by atoms with Crippen LogP contribution in [0.5, 0.6) is 17.2 Å². The van der Waals surface area contributed by atoms with Crippen LogP contribution in [0.4, 0.5) is 5.82 Å². The first-order valence-electron chi connectivity index (χ1n) is 10.2. The number of aromatic amines is 1. The fourth-order valence-corrected chi connectivity index (χ4v) is 3.90. The molecule has 0 amide bonds. The summed E-state index contributed by atoms with van der Waals surface area (Å²) in [5.41, 5.74) is 1.28. The Morgan fingerprint density at radius 2 is 1.69 bits per heavy atom. The molecule has 1 aromatic heterocycles. The molecule has 0 radical (unpaired) electrons. The molecule has 32 heavy (non-hydrogen) atoms. The molecule has 3 aromatic rings. The monoisotopic (exact) mass is 438 g/mol. The number of nitrogens with zero attached hydrogens (tertiary/aromatic N) is 2. The van der Waals surface area contributed by atoms with E-state index in [0.717, 1.165) is 18.5 Å². The third-order valence-corrected chi connectivity index (χ3v) is 5.55. The summed E-state index contributed by atoms with van der Waals surface area (Å²) >= 11 is 0. The highest BCUT2D eigenvalue weighted by atomic mass is 16.5. The molecule has 0 fully saturated rings. The smallest absolute Gasteiger partial charge is 0.334 e. The predicted octanol–water partition coefficient (Wildman–Crippen LogP) is 1.98. The Balaban J connectivity index is 1.58. The SMILES string of the molecule is COc1ccc(CCN2CNc3c(c(=O)[nH]c(=O)n3-c3ccccc3OC)C2)cc1OC. The second-order valence-corrected chi connectivity index (χ2v) is 7.42. The van der Waals surface area contributed by atoms with E-state index in [9.17, 15) is 9.59 Å². The summed E-state index contributed by atoms with van der Waals surface area (Å²) in [6.07, 6.45) is 0.765. The summed E-state index contributed by atoms with van der Waals surface area (Å²) < 4.78 is 17.5. The number of methoxy groups -OCH3 is 3. The Kier molecular flexibility index (Phi) is 6.18. The summed E-state index contributed by atoms with van der Waals surface area (Å²) in [5.74, 6) is 2.40. The quantitative estimate of drug-likeness (QED) is 0.582. The number of aromatic nitrogens is 2. The highest BCUT2D eigenvalue weighted by Gasteiger charge is 2.24. The van der Waals surface area contributed by atoms with Gasteiger partial charge in [0.15, 0.2) is 11.5 Å². The molecule has 1 aliphatic rings. The van der Waals surface area contributed by atoms with E-state index in [1.54, 1.807) is 33.5 Å². The first-order chi connectivity index (χ1) is 15.5. The van der Waals surface area contributed by atoms with E-state index in [1.807, 2.05) is 30.3 Å². The molecule has 4 rings (SSSR count). The number of anilines is 1. The van der Waals surface area contributed by atoms with Crippen LogP contribution in [0.25, 0.3) is 5.69 Å². The maximum Gasteiger partial charge on any atom is 0.334 e. The summed E-state index contributed by atoms with van der Waals surface area (Å²) in [6.45, 7) is 1.63. The van der Waals surface area contributed by atoms with Crippen molar-refractivity contribution >= 4 is 5.82 Å². The molecule has 9 heteroatoms. The number of fused-ring (bicyclic) bond motifs is 1. The van der Waals surface area contributed by atoms with Crippen molar-refractivity contribution in [2.24, 2.45) is 0 Å². The Morgan fingerprint density at radius 3 is 2.44 bits per heavy atom. The molecule has 2 heterocycles. The van der Waals surface area contributed by atoms with E-state index in [2.05, 4.69) is 15.2 Å². The van der Waals surface area contributed by atoms with Crippen LogP contribution in [0.3, 0.4) is 0 Å². The molecular formula is C23H26N4O5. The molecule has 0 saturated carbocycles. The van der Waals surface area contributed by atoms with Gasteiger partial charge in [0.2, 0.25) is 0 Å². The Hall–Kier alpha value is -3.72. The van der Waals surface area contributed by atoms with Crippen molar-refractivity contribution in [2.45, 2.75) is 13.0 Å². The number of benzene rings is 2. The van der Waals surface area contributed by atoms with Gasteiger partial charge in [-0.25, -0.2) is 9.36 Å². The molecule has 0 bridgehead atoms. The Bertz CT molecular complexity index is 1230. The van der Waals surface area contributed by atoms with Crippen LogP contribution in [0, 0.1) is 0 Å². The van der Waals surface area contributed by atoms with Gasteiger partial charge in [-0.05, 0) is 36.2 Å². The highest BCUT2D eigenvalue weighted by molar-refractivity contribution is 5.56. The summed E-state index contributed by atoms with van der Waals surface area (Å²) in [6, 6.07) is 13.0. The summed E-state index contributed by atoms with van der Waals surface area (Å²) in [5, 5.41) is 3.26. The Morgan fingerprint density at radius 1 is 0.938 bits per heavy atom. The lowest BCUT2D eigenvalue weighted by Crippen LogP contribution is -2.43. The first kappa shape index (κ1) is 21.5. The molecule has 0 saturated heterocycles. The van der Waals surface area contributed by atoms with E-state index >= 15 is 0 Å². The van der Waals surface area contributed by atoms with Crippen LogP contribution < -0.4 is 30.8 Å². The van der Waals surface area contributed by atoms with Crippen LogP contribution >= 0.6 is 0 Å². The summed E-state index contributed by atoms with van der Waals surface area (Å²) in [7, 11) is 4.77. The second kappa shape index (κ2) is 9.19. The van der Waals surface area contributed by atoms with Gasteiger partial charge in [0.25, 0.3) is 5.56 Å². The molecule has 2 aromatic carbocycles. The van der Waals surface area contributed by atoms with Crippen molar-refractivity contribution in [3.63, 3.8) is 0 Å². The predicted molar refractivity (Wildman–Crippen MR) is 121 cm³/mol. The molecule has 0 aliphatic carbocycles. The molecule has 1 aliphatic heterocycles. The zero-order chi connectivity index (χ0) is 22.7. The van der Waals surface area contributed by atoms with Crippen molar-refractivity contribution < 1.29 is 14.2 Å². The zero-order valence-corrected chi connectivity index (χ0v) is 18.3. The largest absolute Gasteiger partial charge is 0.495 e. The van der Waals surface area contributed by atoms with Crippen LogP contribution in [0.1, 0.15) is 11.1 Å². The van der Waals surface area contributed by atoms with Crippen LogP contribution in [0.2, 0.25) is 0 Å². The zero-order valence-electron chi connectivity index (χ0n) is 18.3. The molecule has 168 valence electrons. The standard InChI is InChI=1S/C23H26N4O5/c1-30-18-7-5-4-6-17(18)27-21-16(22(28)25-23(27)29)13-26(14-24-21)11-10-15-8-9-19(31-2)20(12-15)32-3/h4-9,12,24H,10-11,13-14H2,1-3H3,(H,25,28,29). The van der Waals surface area contributed by atoms with Crippen LogP contribution in [-0.2, 0) is 13.0 Å². The fraction of sp³-hybridized carbons (Fsp3) is 0.304. The van der Waals surface area contributed by atoms with E-state index in [0.29, 0.717) is 47.5 Å². The van der Waals surface area contributed by atoms with Crippen molar-refractivity contribution in [1.29, 1.82) is 0 Å². The third-order valence-electron chi connectivity index (χ3n) is 5.55. The Labute approximate surface area is 185 Å². The molecular weight excluding hydrogens is 412 g/mol. The van der Waals surface area contributed by atoms with Gasteiger partial charge in [-0.2, -0.15) is 0 Å². The van der Waals surface area contributed by atoms with Gasteiger partial charge in [-0.1, -0.05) is 18.2 Å². The van der Waals surface area contributed by atoms with E-state index in [-0.39, 0.29) is 5.56 Å². The van der Waals surface area contributed by atoms with Gasteiger partial charge in [-0.15, -0.1) is 0 Å². The lowest BCUT2D eigenvalue weighted by Gasteiger charge is -2.31.